The van der Waals surface area contributed by atoms with Gasteiger partial charge in [-0.1, -0.05) is 6.07 Å². The van der Waals surface area contributed by atoms with Crippen LogP contribution in [-0.2, 0) is 4.79 Å². The van der Waals surface area contributed by atoms with Crippen molar-refractivity contribution in [3.05, 3.63) is 53.9 Å². The summed E-state index contributed by atoms with van der Waals surface area (Å²) in [6.07, 6.45) is 0. The SMILES string of the molecule is COc1cc(N2CCN(C)CC2)ccc1Nc1nc(Oc2cccc(NC(C)=O)c2)c2sccc2n1. The standard InChI is InChI=1S/C26H28N6O3S/c1-17(33)27-18-5-4-6-20(15-18)35-25-24-22(9-14-36-24)29-26(30-25)28-21-8-7-19(16-23(21)34-3)32-12-10-31(2)11-13-32/h4-9,14-16H,10-13H2,1-3H3,(H,27,33)(H,28,29,30). The molecule has 0 saturated carbocycles. The Morgan fingerprint density at radius 1 is 1.06 bits per heavy atom. The number of anilines is 4. The number of thiophene rings is 1. The normalized spacial score (nSPS) is 14.0. The van der Waals surface area contributed by atoms with Gasteiger partial charge in [0.15, 0.2) is 0 Å². The number of methoxy groups -OCH3 is 1. The van der Waals surface area contributed by atoms with Crippen molar-refractivity contribution in [1.82, 2.24) is 14.9 Å². The number of benzene rings is 2. The van der Waals surface area contributed by atoms with Crippen LogP contribution in [0.15, 0.2) is 53.9 Å². The van der Waals surface area contributed by atoms with Gasteiger partial charge in [-0.3, -0.25) is 4.79 Å². The van der Waals surface area contributed by atoms with Crippen LogP contribution in [0.4, 0.5) is 23.0 Å². The molecule has 4 aromatic rings. The maximum atomic E-state index is 11.4. The van der Waals surface area contributed by atoms with E-state index in [0.29, 0.717) is 29.0 Å². The Bertz CT molecular complexity index is 1380. The lowest BCUT2D eigenvalue weighted by Crippen LogP contribution is -2.44. The average molecular weight is 505 g/mol. The van der Waals surface area contributed by atoms with E-state index in [0.717, 1.165) is 47.8 Å². The minimum Gasteiger partial charge on any atom is -0.494 e. The number of hydrogen-bond donors (Lipinski definition) is 2. The summed E-state index contributed by atoms with van der Waals surface area (Å²) in [6, 6.07) is 15.3. The highest BCUT2D eigenvalue weighted by Gasteiger charge is 2.17. The zero-order valence-corrected chi connectivity index (χ0v) is 21.3. The second-order valence-electron chi connectivity index (χ2n) is 8.60. The first-order chi connectivity index (χ1) is 17.5. The van der Waals surface area contributed by atoms with E-state index in [9.17, 15) is 4.79 Å². The lowest BCUT2D eigenvalue weighted by molar-refractivity contribution is -0.114. The number of aromatic nitrogens is 2. The number of fused-ring (bicyclic) bond motifs is 1. The number of hydrogen-bond acceptors (Lipinski definition) is 9. The summed E-state index contributed by atoms with van der Waals surface area (Å²) in [5, 5.41) is 8.02. The Kier molecular flexibility index (Phi) is 6.88. The van der Waals surface area contributed by atoms with E-state index < -0.39 is 0 Å². The fraction of sp³-hybridized carbons (Fsp3) is 0.269. The van der Waals surface area contributed by atoms with Gasteiger partial charge in [-0.2, -0.15) is 4.98 Å². The molecule has 1 aliphatic rings. The maximum absolute atomic E-state index is 11.4. The quantitative estimate of drug-likeness (QED) is 0.366. The molecule has 0 bridgehead atoms. The van der Waals surface area contributed by atoms with Gasteiger partial charge in [0.25, 0.3) is 0 Å². The number of likely N-dealkylation sites (N-methyl/N-ethyl adjacent to an activating group) is 1. The second-order valence-corrected chi connectivity index (χ2v) is 9.51. The molecule has 2 aromatic carbocycles. The zero-order valence-electron chi connectivity index (χ0n) is 20.4. The number of amides is 1. The van der Waals surface area contributed by atoms with Crippen molar-refractivity contribution in [2.24, 2.45) is 0 Å². The molecule has 1 saturated heterocycles. The van der Waals surface area contributed by atoms with Gasteiger partial charge in [-0.05, 0) is 42.8 Å². The minimum atomic E-state index is -0.145. The van der Waals surface area contributed by atoms with Crippen LogP contribution in [0.5, 0.6) is 17.4 Å². The van der Waals surface area contributed by atoms with Crippen LogP contribution >= 0.6 is 11.3 Å². The molecule has 2 aromatic heterocycles. The molecule has 2 N–H and O–H groups in total. The first-order valence-corrected chi connectivity index (χ1v) is 12.6. The van der Waals surface area contributed by atoms with Gasteiger partial charge in [0.2, 0.25) is 17.7 Å². The molecule has 0 radical (unpaired) electrons. The lowest BCUT2D eigenvalue weighted by atomic mass is 10.2. The summed E-state index contributed by atoms with van der Waals surface area (Å²) in [6.45, 7) is 5.50. The molecule has 36 heavy (non-hydrogen) atoms. The highest BCUT2D eigenvalue weighted by atomic mass is 32.1. The summed E-state index contributed by atoms with van der Waals surface area (Å²) in [7, 11) is 3.81. The van der Waals surface area contributed by atoms with Crippen LogP contribution in [0.1, 0.15) is 6.92 Å². The Hall–Kier alpha value is -3.89. The molecule has 0 aliphatic carbocycles. The third-order valence-corrected chi connectivity index (χ3v) is 6.83. The summed E-state index contributed by atoms with van der Waals surface area (Å²) in [5.74, 6) is 1.97. The van der Waals surface area contributed by atoms with Crippen molar-refractivity contribution in [1.29, 1.82) is 0 Å². The summed E-state index contributed by atoms with van der Waals surface area (Å²) in [5.41, 5.74) is 3.32. The van der Waals surface area contributed by atoms with Crippen LogP contribution in [-0.4, -0.2) is 61.1 Å². The van der Waals surface area contributed by atoms with E-state index in [4.69, 9.17) is 9.47 Å². The Balaban J connectivity index is 1.41. The highest BCUT2D eigenvalue weighted by molar-refractivity contribution is 7.17. The van der Waals surface area contributed by atoms with Crippen molar-refractivity contribution in [2.75, 3.05) is 55.9 Å². The molecule has 3 heterocycles. The smallest absolute Gasteiger partial charge is 0.242 e. The number of piperazine rings is 1. The summed E-state index contributed by atoms with van der Waals surface area (Å²) < 4.78 is 12.7. The zero-order chi connectivity index (χ0) is 25.1. The van der Waals surface area contributed by atoms with Crippen LogP contribution in [0.25, 0.3) is 10.2 Å². The largest absolute Gasteiger partial charge is 0.494 e. The molecule has 5 rings (SSSR count). The van der Waals surface area contributed by atoms with Gasteiger partial charge in [0.05, 0.1) is 18.3 Å². The van der Waals surface area contributed by atoms with E-state index in [1.54, 1.807) is 19.2 Å². The third kappa shape index (κ3) is 5.34. The van der Waals surface area contributed by atoms with Crippen LogP contribution in [0, 0.1) is 0 Å². The Labute approximate surface area is 213 Å². The molecule has 1 aliphatic heterocycles. The van der Waals surface area contributed by atoms with E-state index in [1.165, 1.54) is 18.3 Å². The topological polar surface area (TPSA) is 91.9 Å². The third-order valence-electron chi connectivity index (χ3n) is 5.94. The average Bonchev–Trinajstić information content (AvgIpc) is 3.34. The minimum absolute atomic E-state index is 0.145. The Morgan fingerprint density at radius 3 is 2.67 bits per heavy atom. The maximum Gasteiger partial charge on any atom is 0.242 e. The molecule has 10 heteroatoms. The molecule has 1 fully saturated rings. The number of carbonyl (C=O) groups is 1. The fourth-order valence-corrected chi connectivity index (χ4v) is 4.83. The Morgan fingerprint density at radius 2 is 1.89 bits per heavy atom. The van der Waals surface area contributed by atoms with Gasteiger partial charge in [0.1, 0.15) is 16.2 Å². The van der Waals surface area contributed by atoms with Crippen LogP contribution < -0.4 is 25.0 Å². The van der Waals surface area contributed by atoms with Gasteiger partial charge < -0.3 is 29.9 Å². The summed E-state index contributed by atoms with van der Waals surface area (Å²) in [4.78, 5) is 25.4. The van der Waals surface area contributed by atoms with E-state index in [1.807, 2.05) is 35.7 Å². The monoisotopic (exact) mass is 504 g/mol. The highest BCUT2D eigenvalue weighted by Crippen LogP contribution is 2.36. The van der Waals surface area contributed by atoms with Crippen LogP contribution in [0.3, 0.4) is 0 Å². The van der Waals surface area contributed by atoms with Gasteiger partial charge in [-0.25, -0.2) is 4.98 Å². The molecule has 186 valence electrons. The molecular weight excluding hydrogens is 476 g/mol. The van der Waals surface area contributed by atoms with Crippen molar-refractivity contribution < 1.29 is 14.3 Å². The lowest BCUT2D eigenvalue weighted by Gasteiger charge is -2.34. The second kappa shape index (κ2) is 10.4. The van der Waals surface area contributed by atoms with Crippen molar-refractivity contribution >= 4 is 50.5 Å². The number of nitrogens with zero attached hydrogens (tertiary/aromatic N) is 4. The van der Waals surface area contributed by atoms with Crippen molar-refractivity contribution in [3.8, 4) is 17.4 Å². The molecule has 9 nitrogen and oxygen atoms in total. The van der Waals surface area contributed by atoms with Crippen molar-refractivity contribution in [3.63, 3.8) is 0 Å². The number of nitrogens with one attached hydrogen (secondary N) is 2. The molecular formula is C26H28N6O3S. The van der Waals surface area contributed by atoms with E-state index in [-0.39, 0.29) is 5.91 Å². The number of rotatable bonds is 7. The molecule has 0 atom stereocenters. The first kappa shape index (κ1) is 23.8. The first-order valence-electron chi connectivity index (χ1n) is 11.7. The van der Waals surface area contributed by atoms with Crippen LogP contribution in [0.2, 0.25) is 0 Å². The summed E-state index contributed by atoms with van der Waals surface area (Å²) >= 11 is 1.51. The predicted octanol–water partition coefficient (Wildman–Crippen LogP) is 4.95. The van der Waals surface area contributed by atoms with E-state index >= 15 is 0 Å². The van der Waals surface area contributed by atoms with Gasteiger partial charge in [0, 0.05) is 56.6 Å². The molecule has 0 unspecified atom stereocenters. The number of ether oxygens (including phenoxy) is 2. The molecule has 1 amide bonds. The molecule has 0 spiro atoms. The van der Waals surface area contributed by atoms with Gasteiger partial charge >= 0.3 is 0 Å². The van der Waals surface area contributed by atoms with Crippen molar-refractivity contribution in [2.45, 2.75) is 6.92 Å². The van der Waals surface area contributed by atoms with Gasteiger partial charge in [-0.15, -0.1) is 11.3 Å². The fourth-order valence-electron chi connectivity index (χ4n) is 4.08. The predicted molar refractivity (Wildman–Crippen MR) is 144 cm³/mol. The van der Waals surface area contributed by atoms with E-state index in [2.05, 4.69) is 43.5 Å². The number of carbonyl (C=O) groups excluding carboxylic acids is 1.